The van der Waals surface area contributed by atoms with Crippen LogP contribution in [0.4, 0.5) is 0 Å². The van der Waals surface area contributed by atoms with Crippen LogP contribution in [0.15, 0.2) is 0 Å². The van der Waals surface area contributed by atoms with E-state index in [1.807, 2.05) is 0 Å². The summed E-state index contributed by atoms with van der Waals surface area (Å²) >= 11 is 0. The lowest BCUT2D eigenvalue weighted by atomic mass is 10.5. The normalized spacial score (nSPS) is 27.9. The predicted octanol–water partition coefficient (Wildman–Crippen LogP) is -0.472. The molecule has 0 aromatic heterocycles. The van der Waals surface area contributed by atoms with Gasteiger partial charge in [0.05, 0.1) is 12.4 Å². The van der Waals surface area contributed by atoms with Crippen LogP contribution in [0.2, 0.25) is 0 Å². The fourth-order valence-corrected chi connectivity index (χ4v) is 2.32. The summed E-state index contributed by atoms with van der Waals surface area (Å²) in [6, 6.07) is 0. The van der Waals surface area contributed by atoms with E-state index in [0.29, 0.717) is 19.6 Å². The Morgan fingerprint density at radius 3 is 2.55 bits per heavy atom. The van der Waals surface area contributed by atoms with Gasteiger partial charge in [-0.1, -0.05) is 0 Å². The van der Waals surface area contributed by atoms with Crippen molar-refractivity contribution in [3.8, 4) is 0 Å². The van der Waals surface area contributed by atoms with Gasteiger partial charge in [-0.3, -0.25) is 0 Å². The Kier molecular flexibility index (Phi) is 4.31. The molecule has 1 aliphatic heterocycles. The molecule has 4 nitrogen and oxygen atoms in total. The molecule has 0 bridgehead atoms. The van der Waals surface area contributed by atoms with Crippen molar-refractivity contribution in [3.05, 3.63) is 0 Å². The lowest BCUT2D eigenvalue weighted by Gasteiger charge is -2.05. The van der Waals surface area contributed by atoms with Crippen molar-refractivity contribution in [1.29, 1.82) is 0 Å². The number of sulfone groups is 1. The summed E-state index contributed by atoms with van der Waals surface area (Å²) in [5.74, 6) is 0.150. The monoisotopic (exact) mass is 201 g/mol. The van der Waals surface area contributed by atoms with Crippen LogP contribution in [0.25, 0.3) is 0 Å². The molecule has 1 saturated heterocycles. The molecule has 0 spiro atoms. The second kappa shape index (κ2) is 4.25. The van der Waals surface area contributed by atoms with Crippen LogP contribution < -0.4 is 5.73 Å². The van der Waals surface area contributed by atoms with Crippen molar-refractivity contribution in [3.63, 3.8) is 0 Å². The van der Waals surface area contributed by atoms with Crippen molar-refractivity contribution in [2.45, 2.75) is 11.9 Å². The third-order valence-electron chi connectivity index (χ3n) is 1.47. The van der Waals surface area contributed by atoms with E-state index in [1.165, 1.54) is 0 Å². The van der Waals surface area contributed by atoms with Crippen LogP contribution >= 0.6 is 12.4 Å². The van der Waals surface area contributed by atoms with Crippen molar-refractivity contribution >= 4 is 22.2 Å². The zero-order valence-electron chi connectivity index (χ0n) is 6.02. The van der Waals surface area contributed by atoms with E-state index in [2.05, 4.69) is 0 Å². The van der Waals surface area contributed by atoms with Crippen LogP contribution in [0.3, 0.4) is 0 Å². The molecule has 2 N–H and O–H groups in total. The molecule has 0 saturated carbocycles. The van der Waals surface area contributed by atoms with Gasteiger partial charge in [0.25, 0.3) is 0 Å². The zero-order valence-corrected chi connectivity index (χ0v) is 7.66. The van der Waals surface area contributed by atoms with Gasteiger partial charge in [-0.15, -0.1) is 12.4 Å². The van der Waals surface area contributed by atoms with E-state index in [9.17, 15) is 8.42 Å². The van der Waals surface area contributed by atoms with E-state index in [0.717, 1.165) is 0 Å². The third kappa shape index (κ3) is 2.59. The number of halogens is 1. The molecule has 1 fully saturated rings. The van der Waals surface area contributed by atoms with Gasteiger partial charge in [0, 0.05) is 6.42 Å². The third-order valence-corrected chi connectivity index (χ3v) is 3.38. The first-order chi connectivity index (χ1) is 4.67. The zero-order chi connectivity index (χ0) is 7.61. The van der Waals surface area contributed by atoms with Gasteiger partial charge >= 0.3 is 0 Å². The van der Waals surface area contributed by atoms with Crippen LogP contribution in [-0.4, -0.2) is 32.8 Å². The predicted molar refractivity (Wildman–Crippen MR) is 44.4 cm³/mol. The molecule has 0 amide bonds. The Morgan fingerprint density at radius 2 is 2.18 bits per heavy atom. The Labute approximate surface area is 72.4 Å². The molecular weight excluding hydrogens is 190 g/mol. The summed E-state index contributed by atoms with van der Waals surface area (Å²) in [5.41, 5.74) is 4.56. The summed E-state index contributed by atoms with van der Waals surface area (Å²) in [6.45, 7) is 0.691. The van der Waals surface area contributed by atoms with Crippen molar-refractivity contribution in [2.75, 3.05) is 18.9 Å². The minimum atomic E-state index is -2.95. The molecular formula is C5H12ClNO3S. The van der Waals surface area contributed by atoms with Gasteiger partial charge in [0.2, 0.25) is 0 Å². The molecule has 0 aromatic rings. The highest BCUT2D eigenvalue weighted by atomic mass is 35.5. The molecule has 0 radical (unpaired) electrons. The topological polar surface area (TPSA) is 69.4 Å². The summed E-state index contributed by atoms with van der Waals surface area (Å²) in [5, 5.41) is 0. The van der Waals surface area contributed by atoms with Crippen molar-refractivity contribution in [1.82, 2.24) is 0 Å². The number of hydrogen-bond donors (Lipinski definition) is 1. The molecule has 6 heteroatoms. The van der Waals surface area contributed by atoms with Crippen LogP contribution in [-0.2, 0) is 14.6 Å². The van der Waals surface area contributed by atoms with E-state index in [1.54, 1.807) is 0 Å². The van der Waals surface area contributed by atoms with Gasteiger partial charge < -0.3 is 10.5 Å². The average Bonchev–Trinajstić information content (AvgIpc) is 2.13. The molecule has 1 heterocycles. The minimum absolute atomic E-state index is 0. The number of rotatable bonds is 2. The summed E-state index contributed by atoms with van der Waals surface area (Å²) in [4.78, 5) is 0. The first-order valence-electron chi connectivity index (χ1n) is 3.20. The Hall–Kier alpha value is 0.160. The quantitative estimate of drug-likeness (QED) is 0.656. The van der Waals surface area contributed by atoms with Gasteiger partial charge in [0.1, 0.15) is 0 Å². The molecule has 1 aliphatic rings. The number of hydrogen-bond acceptors (Lipinski definition) is 4. The highest BCUT2D eigenvalue weighted by Crippen LogP contribution is 2.14. The van der Waals surface area contributed by atoms with Crippen molar-refractivity contribution < 1.29 is 13.2 Å². The fourth-order valence-electron chi connectivity index (χ4n) is 0.930. The van der Waals surface area contributed by atoms with E-state index >= 15 is 0 Å². The molecule has 0 aromatic carbocycles. The van der Waals surface area contributed by atoms with Crippen LogP contribution in [0, 0.1) is 0 Å². The first kappa shape index (κ1) is 11.2. The van der Waals surface area contributed by atoms with Gasteiger partial charge in [0.15, 0.2) is 15.3 Å². The Morgan fingerprint density at radius 1 is 1.55 bits per heavy atom. The average molecular weight is 202 g/mol. The SMILES string of the molecule is Cl.NCCC1OCCS1(=O)=O. The highest BCUT2D eigenvalue weighted by molar-refractivity contribution is 7.92. The van der Waals surface area contributed by atoms with Gasteiger partial charge in [-0.05, 0) is 6.54 Å². The summed E-state index contributed by atoms with van der Waals surface area (Å²) < 4.78 is 26.9. The Bertz CT molecular complexity index is 204. The smallest absolute Gasteiger partial charge is 0.179 e. The van der Waals surface area contributed by atoms with Gasteiger partial charge in [-0.25, -0.2) is 8.42 Å². The number of nitrogens with two attached hydrogens (primary N) is 1. The van der Waals surface area contributed by atoms with E-state index < -0.39 is 15.3 Å². The standard InChI is InChI=1S/C5H11NO3S.ClH/c6-2-1-5-9-3-4-10(5,7)8;/h5H,1-4,6H2;1H. The van der Waals surface area contributed by atoms with Crippen molar-refractivity contribution in [2.24, 2.45) is 5.73 Å². The minimum Gasteiger partial charge on any atom is -0.361 e. The maximum absolute atomic E-state index is 11.0. The largest absolute Gasteiger partial charge is 0.361 e. The molecule has 0 aliphatic carbocycles. The molecule has 1 atom stereocenters. The molecule has 1 unspecified atom stereocenters. The van der Waals surface area contributed by atoms with E-state index in [-0.39, 0.29) is 18.2 Å². The molecule has 1 rings (SSSR count). The second-order valence-corrected chi connectivity index (χ2v) is 4.50. The van der Waals surface area contributed by atoms with Gasteiger partial charge in [-0.2, -0.15) is 0 Å². The summed E-state index contributed by atoms with van der Waals surface area (Å²) in [6.07, 6.45) is 0.419. The maximum Gasteiger partial charge on any atom is 0.179 e. The fraction of sp³-hybridized carbons (Fsp3) is 1.00. The van der Waals surface area contributed by atoms with E-state index in [4.69, 9.17) is 10.5 Å². The first-order valence-corrected chi connectivity index (χ1v) is 4.91. The molecule has 11 heavy (non-hydrogen) atoms. The summed E-state index contributed by atoms with van der Waals surface area (Å²) in [7, 11) is -2.95. The van der Waals surface area contributed by atoms with Crippen LogP contribution in [0.5, 0.6) is 0 Å². The highest BCUT2D eigenvalue weighted by Gasteiger charge is 2.31. The molecule has 68 valence electrons. The maximum atomic E-state index is 11.0. The number of ether oxygens (including phenoxy) is 1. The second-order valence-electron chi connectivity index (χ2n) is 2.24. The van der Waals surface area contributed by atoms with Crippen LogP contribution in [0.1, 0.15) is 6.42 Å². The lowest BCUT2D eigenvalue weighted by molar-refractivity contribution is 0.135. The Balaban J connectivity index is 0.000001000. The lowest BCUT2D eigenvalue weighted by Crippen LogP contribution is -2.20.